The van der Waals surface area contributed by atoms with Crippen molar-refractivity contribution in [1.82, 2.24) is 0 Å². The molecule has 0 fully saturated rings. The molecule has 1 atom stereocenters. The minimum absolute atomic E-state index is 0.199. The molecule has 0 spiro atoms. The van der Waals surface area contributed by atoms with Crippen LogP contribution in [0.3, 0.4) is 0 Å². The maximum absolute atomic E-state index is 8.34. The van der Waals surface area contributed by atoms with Gasteiger partial charge < -0.3 is 49.2 Å². The SMILES string of the molecule is CCCCOCCCO.CCCOCCCO.CCOCCCO.COC(C)CCO.COCCCO. The van der Waals surface area contributed by atoms with Crippen LogP contribution in [0.5, 0.6) is 0 Å². The van der Waals surface area contributed by atoms with Crippen molar-refractivity contribution in [3.05, 3.63) is 0 Å². The van der Waals surface area contributed by atoms with Crippen LogP contribution in [-0.4, -0.2) is 125 Å². The van der Waals surface area contributed by atoms with Crippen LogP contribution in [0.4, 0.5) is 0 Å². The maximum Gasteiger partial charge on any atom is 0.0565 e. The van der Waals surface area contributed by atoms with Gasteiger partial charge in [-0.05, 0) is 58.8 Å². The zero-order chi connectivity index (χ0) is 29.3. The van der Waals surface area contributed by atoms with Gasteiger partial charge in [0.25, 0.3) is 0 Å². The van der Waals surface area contributed by atoms with Gasteiger partial charge in [0.2, 0.25) is 0 Å². The van der Waals surface area contributed by atoms with Gasteiger partial charge in [-0.25, -0.2) is 0 Å². The monoisotopic (exact) mass is 548 g/mol. The molecule has 0 saturated heterocycles. The molecule has 232 valence electrons. The van der Waals surface area contributed by atoms with Crippen molar-refractivity contribution >= 4 is 0 Å². The first kappa shape index (κ1) is 46.5. The van der Waals surface area contributed by atoms with E-state index >= 15 is 0 Å². The molecule has 0 saturated carbocycles. The topological polar surface area (TPSA) is 147 Å². The first-order chi connectivity index (χ1) is 18.0. The molecule has 10 nitrogen and oxygen atoms in total. The van der Waals surface area contributed by atoms with Crippen LogP contribution in [0.25, 0.3) is 0 Å². The van der Waals surface area contributed by atoms with Crippen LogP contribution in [0.2, 0.25) is 0 Å². The number of methoxy groups -OCH3 is 2. The molecule has 0 aliphatic rings. The van der Waals surface area contributed by atoms with E-state index in [0.29, 0.717) is 26.4 Å². The van der Waals surface area contributed by atoms with Gasteiger partial charge in [-0.15, -0.1) is 0 Å². The van der Waals surface area contributed by atoms with Crippen LogP contribution in [-0.2, 0) is 23.7 Å². The summed E-state index contributed by atoms with van der Waals surface area (Å²) in [5.74, 6) is 0. The number of aliphatic hydroxyl groups excluding tert-OH is 5. The van der Waals surface area contributed by atoms with Crippen molar-refractivity contribution < 1.29 is 49.2 Å². The fraction of sp³-hybridized carbons (Fsp3) is 1.00. The van der Waals surface area contributed by atoms with Gasteiger partial charge in [-0.3, -0.25) is 0 Å². The van der Waals surface area contributed by atoms with Crippen LogP contribution in [0.1, 0.15) is 79.1 Å². The minimum Gasteiger partial charge on any atom is -0.396 e. The molecule has 1 unspecified atom stereocenters. The third kappa shape index (κ3) is 78.7. The first-order valence-corrected chi connectivity index (χ1v) is 13.8. The molecule has 0 aromatic rings. The Morgan fingerprint density at radius 3 is 1.24 bits per heavy atom. The van der Waals surface area contributed by atoms with E-state index in [0.717, 1.165) is 64.8 Å². The Hall–Kier alpha value is -0.400. The fourth-order valence-electron chi connectivity index (χ4n) is 1.75. The number of rotatable bonds is 21. The number of hydrogen-bond donors (Lipinski definition) is 5. The molecule has 0 aromatic carbocycles. The van der Waals surface area contributed by atoms with Gasteiger partial charge in [0.05, 0.1) is 6.10 Å². The highest BCUT2D eigenvalue weighted by atomic mass is 16.5. The smallest absolute Gasteiger partial charge is 0.0565 e. The Bertz CT molecular complexity index is 280. The van der Waals surface area contributed by atoms with Crippen molar-refractivity contribution in [2.75, 3.05) is 93.5 Å². The van der Waals surface area contributed by atoms with Crippen molar-refractivity contribution in [2.24, 2.45) is 0 Å². The molecule has 5 N–H and O–H groups in total. The second-order valence-electron chi connectivity index (χ2n) is 7.64. The fourth-order valence-corrected chi connectivity index (χ4v) is 1.75. The molecule has 0 radical (unpaired) electrons. The van der Waals surface area contributed by atoms with Crippen LogP contribution in [0.15, 0.2) is 0 Å². The lowest BCUT2D eigenvalue weighted by Gasteiger charge is -2.04. The van der Waals surface area contributed by atoms with Gasteiger partial charge in [0.15, 0.2) is 0 Å². The quantitative estimate of drug-likeness (QED) is 0.136. The van der Waals surface area contributed by atoms with Gasteiger partial charge in [0.1, 0.15) is 0 Å². The van der Waals surface area contributed by atoms with Crippen molar-refractivity contribution in [3.8, 4) is 0 Å². The van der Waals surface area contributed by atoms with E-state index in [1.807, 2.05) is 13.8 Å². The third-order valence-electron chi connectivity index (χ3n) is 3.98. The van der Waals surface area contributed by atoms with E-state index in [1.54, 1.807) is 14.2 Å². The predicted octanol–water partition coefficient (Wildman–Crippen LogP) is 2.81. The molecule has 0 heterocycles. The zero-order valence-electron chi connectivity index (χ0n) is 25.0. The number of unbranched alkanes of at least 4 members (excludes halogenated alkanes) is 1. The summed E-state index contributed by atoms with van der Waals surface area (Å²) in [4.78, 5) is 0. The molecule has 37 heavy (non-hydrogen) atoms. The highest BCUT2D eigenvalue weighted by molar-refractivity contribution is 4.44. The molecule has 10 heteroatoms. The Morgan fingerprint density at radius 2 is 0.946 bits per heavy atom. The summed E-state index contributed by atoms with van der Waals surface area (Å²) < 4.78 is 24.6. The molecular weight excluding hydrogens is 484 g/mol. The highest BCUT2D eigenvalue weighted by Crippen LogP contribution is 1.91. The lowest BCUT2D eigenvalue weighted by Crippen LogP contribution is -2.05. The highest BCUT2D eigenvalue weighted by Gasteiger charge is 1.93. The maximum atomic E-state index is 8.34. The largest absolute Gasteiger partial charge is 0.396 e. The zero-order valence-corrected chi connectivity index (χ0v) is 25.0. The Kier molecular flexibility index (Phi) is 70.2. The van der Waals surface area contributed by atoms with E-state index in [2.05, 4.69) is 18.6 Å². The van der Waals surface area contributed by atoms with Gasteiger partial charge in [-0.2, -0.15) is 0 Å². The summed E-state index contributed by atoms with van der Waals surface area (Å²) in [5.41, 5.74) is 0. The molecule has 0 bridgehead atoms. The number of aliphatic hydroxyl groups is 5. The van der Waals surface area contributed by atoms with E-state index in [-0.39, 0.29) is 39.1 Å². The van der Waals surface area contributed by atoms with Gasteiger partial charge >= 0.3 is 0 Å². The molecule has 0 aliphatic carbocycles. The molecule has 0 aromatic heterocycles. The standard InChI is InChI=1S/C7H16O2.C6H14O2.2C5H12O2.C4H10O2/c1-2-3-6-9-7-4-5-8;1-2-5-8-6-3-4-7;1-5(7-2)3-4-6;1-2-7-5-3-4-6;1-6-4-2-3-5/h8H,2-7H2,1H3;7H,2-6H2,1H3;5-6H,3-4H2,1-2H3;6H,2-5H2,1H3;5H,2-4H2,1H3. The Labute approximate surface area is 228 Å². The van der Waals surface area contributed by atoms with E-state index in [4.69, 9.17) is 44.5 Å². The van der Waals surface area contributed by atoms with Crippen molar-refractivity contribution in [2.45, 2.75) is 85.2 Å². The summed E-state index contributed by atoms with van der Waals surface area (Å²) in [5, 5.41) is 41.2. The average molecular weight is 549 g/mol. The molecule has 0 rings (SSSR count). The second kappa shape index (κ2) is 55.9. The summed E-state index contributed by atoms with van der Waals surface area (Å²) in [6.07, 6.45) is 7.34. The summed E-state index contributed by atoms with van der Waals surface area (Å²) in [7, 11) is 3.26. The molecule has 0 aliphatic heterocycles. The predicted molar refractivity (Wildman–Crippen MR) is 150 cm³/mol. The Morgan fingerprint density at radius 1 is 0.514 bits per heavy atom. The summed E-state index contributed by atoms with van der Waals surface area (Å²) >= 11 is 0. The normalized spacial score (nSPS) is 10.5. The Balaban J connectivity index is -0.000000116. The van der Waals surface area contributed by atoms with Crippen molar-refractivity contribution in [3.63, 3.8) is 0 Å². The lowest BCUT2D eigenvalue weighted by molar-refractivity contribution is 0.0917. The second-order valence-corrected chi connectivity index (χ2v) is 7.64. The number of ether oxygens (including phenoxy) is 5. The first-order valence-electron chi connectivity index (χ1n) is 13.8. The van der Waals surface area contributed by atoms with Crippen LogP contribution in [0, 0.1) is 0 Å². The lowest BCUT2D eigenvalue weighted by atomic mass is 10.3. The summed E-state index contributed by atoms with van der Waals surface area (Å²) in [6, 6.07) is 0. The van der Waals surface area contributed by atoms with Crippen molar-refractivity contribution in [1.29, 1.82) is 0 Å². The van der Waals surface area contributed by atoms with Crippen LogP contribution < -0.4 is 0 Å². The van der Waals surface area contributed by atoms with E-state index in [9.17, 15) is 0 Å². The van der Waals surface area contributed by atoms with Gasteiger partial charge in [-0.1, -0.05) is 20.3 Å². The van der Waals surface area contributed by atoms with Crippen LogP contribution >= 0.6 is 0 Å². The van der Waals surface area contributed by atoms with E-state index in [1.165, 1.54) is 6.42 Å². The summed E-state index contributed by atoms with van der Waals surface area (Å²) in [6.45, 7) is 14.4. The number of hydrogen-bond acceptors (Lipinski definition) is 10. The minimum atomic E-state index is 0.199. The molecular formula is C27H64O10. The average Bonchev–Trinajstić information content (AvgIpc) is 2.92. The third-order valence-corrected chi connectivity index (χ3v) is 3.98. The van der Waals surface area contributed by atoms with E-state index < -0.39 is 0 Å². The van der Waals surface area contributed by atoms with Gasteiger partial charge in [0, 0.05) is 93.5 Å². The molecule has 0 amide bonds.